The van der Waals surface area contributed by atoms with Crippen molar-refractivity contribution in [2.75, 3.05) is 0 Å². The van der Waals surface area contributed by atoms with Gasteiger partial charge in [-0.3, -0.25) is 4.68 Å². The topological polar surface area (TPSA) is 43.8 Å². The highest BCUT2D eigenvalue weighted by atomic mass is 79.9. The molecule has 0 saturated heterocycles. The summed E-state index contributed by atoms with van der Waals surface area (Å²) in [5, 5.41) is 4.44. The largest absolute Gasteiger partial charge is 0.325 e. The monoisotopic (exact) mass is 299 g/mol. The van der Waals surface area contributed by atoms with Gasteiger partial charge >= 0.3 is 0 Å². The Kier molecular flexibility index (Phi) is 3.64. The van der Waals surface area contributed by atoms with Crippen LogP contribution in [0.1, 0.15) is 44.0 Å². The molecule has 4 heteroatoms. The molecule has 96 valence electrons. The first-order valence-electron chi connectivity index (χ1n) is 6.38. The molecule has 3 nitrogen and oxygen atoms in total. The van der Waals surface area contributed by atoms with Crippen LogP contribution in [0.25, 0.3) is 0 Å². The minimum atomic E-state index is -0.0413. The van der Waals surface area contributed by atoms with Gasteiger partial charge in [0.1, 0.15) is 0 Å². The molecule has 1 aliphatic rings. The quantitative estimate of drug-likeness (QED) is 0.912. The lowest BCUT2D eigenvalue weighted by atomic mass is 9.74. The molecule has 1 fully saturated rings. The molecule has 2 unspecified atom stereocenters. The molecule has 0 amide bonds. The van der Waals surface area contributed by atoms with E-state index in [1.165, 1.54) is 18.5 Å². The summed E-state index contributed by atoms with van der Waals surface area (Å²) in [7, 11) is 2.00. The van der Waals surface area contributed by atoms with E-state index in [2.05, 4.69) is 28.0 Å². The molecule has 0 aromatic carbocycles. The Bertz CT molecular complexity index is 413. The molecule has 0 radical (unpaired) electrons. The molecule has 1 aromatic heterocycles. The van der Waals surface area contributed by atoms with Gasteiger partial charge in [0, 0.05) is 19.0 Å². The van der Waals surface area contributed by atoms with Gasteiger partial charge in [0.2, 0.25) is 0 Å². The van der Waals surface area contributed by atoms with Crippen molar-refractivity contribution >= 4 is 15.9 Å². The lowest BCUT2D eigenvalue weighted by Gasteiger charge is -2.37. The fourth-order valence-corrected chi connectivity index (χ4v) is 3.54. The van der Waals surface area contributed by atoms with E-state index in [9.17, 15) is 0 Å². The van der Waals surface area contributed by atoms with E-state index in [0.717, 1.165) is 35.3 Å². The summed E-state index contributed by atoms with van der Waals surface area (Å²) in [6.45, 7) is 4.34. The average Bonchev–Trinajstić information content (AvgIpc) is 2.44. The van der Waals surface area contributed by atoms with Gasteiger partial charge in [-0.05, 0) is 41.6 Å². The van der Waals surface area contributed by atoms with Crippen LogP contribution >= 0.6 is 15.9 Å². The maximum atomic E-state index is 6.57. The number of hydrogen-bond acceptors (Lipinski definition) is 2. The molecule has 0 bridgehead atoms. The van der Waals surface area contributed by atoms with Gasteiger partial charge in [-0.1, -0.05) is 19.8 Å². The third kappa shape index (κ3) is 2.74. The smallest absolute Gasteiger partial charge is 0.0738 e. The molecule has 1 saturated carbocycles. The van der Waals surface area contributed by atoms with Gasteiger partial charge in [0.05, 0.1) is 15.9 Å². The summed E-state index contributed by atoms with van der Waals surface area (Å²) in [5.74, 6) is 0.752. The molecule has 0 spiro atoms. The van der Waals surface area contributed by atoms with Crippen LogP contribution in [-0.2, 0) is 13.5 Å². The Labute approximate surface area is 112 Å². The van der Waals surface area contributed by atoms with Gasteiger partial charge in [-0.2, -0.15) is 5.10 Å². The first-order chi connectivity index (χ1) is 7.91. The van der Waals surface area contributed by atoms with E-state index in [0.29, 0.717) is 0 Å². The van der Waals surface area contributed by atoms with E-state index < -0.39 is 0 Å². The number of hydrogen-bond donors (Lipinski definition) is 1. The van der Waals surface area contributed by atoms with Crippen LogP contribution in [0.2, 0.25) is 0 Å². The molecular weight excluding hydrogens is 278 g/mol. The number of nitrogens with zero attached hydrogens (tertiary/aromatic N) is 2. The molecule has 0 aliphatic heterocycles. The minimum Gasteiger partial charge on any atom is -0.325 e. The van der Waals surface area contributed by atoms with Crippen molar-refractivity contribution < 1.29 is 0 Å². The summed E-state index contributed by atoms with van der Waals surface area (Å²) in [5.41, 5.74) is 8.81. The van der Waals surface area contributed by atoms with Crippen molar-refractivity contribution in [1.82, 2.24) is 9.78 Å². The highest BCUT2D eigenvalue weighted by Gasteiger charge is 2.32. The summed E-state index contributed by atoms with van der Waals surface area (Å²) >= 11 is 3.63. The third-order valence-corrected chi connectivity index (χ3v) is 4.94. The first-order valence-corrected chi connectivity index (χ1v) is 7.17. The SMILES string of the molecule is Cc1nn(C)c(CC2(N)CCCC(C)C2)c1Br. The Morgan fingerprint density at radius 2 is 2.29 bits per heavy atom. The standard InChI is InChI=1S/C13H22BrN3/c1-9-5-4-6-13(15,7-9)8-11-12(14)10(2)16-17(11)3/h9H,4-8,15H2,1-3H3. The number of aromatic nitrogens is 2. The highest BCUT2D eigenvalue weighted by molar-refractivity contribution is 9.10. The molecular formula is C13H22BrN3. The van der Waals surface area contributed by atoms with Crippen LogP contribution in [0.5, 0.6) is 0 Å². The van der Waals surface area contributed by atoms with Crippen LogP contribution < -0.4 is 5.73 Å². The van der Waals surface area contributed by atoms with E-state index in [1.807, 2.05) is 18.7 Å². The fourth-order valence-electron chi connectivity index (χ4n) is 3.07. The summed E-state index contributed by atoms with van der Waals surface area (Å²) in [6, 6.07) is 0. The zero-order valence-corrected chi connectivity index (χ0v) is 12.5. The van der Waals surface area contributed by atoms with Crippen LogP contribution in [0, 0.1) is 12.8 Å². The first kappa shape index (κ1) is 13.1. The zero-order valence-electron chi connectivity index (χ0n) is 11.0. The molecule has 2 rings (SSSR count). The van der Waals surface area contributed by atoms with Crippen molar-refractivity contribution in [2.45, 2.75) is 51.5 Å². The molecule has 1 heterocycles. The van der Waals surface area contributed by atoms with Gasteiger partial charge in [-0.15, -0.1) is 0 Å². The average molecular weight is 300 g/mol. The zero-order chi connectivity index (χ0) is 12.6. The highest BCUT2D eigenvalue weighted by Crippen LogP contribution is 2.34. The number of rotatable bonds is 2. The van der Waals surface area contributed by atoms with Crippen LogP contribution in [0.4, 0.5) is 0 Å². The Hall–Kier alpha value is -0.350. The summed E-state index contributed by atoms with van der Waals surface area (Å²) in [4.78, 5) is 0. The second-order valence-corrected chi connectivity index (χ2v) is 6.50. The Balaban J connectivity index is 2.19. The Morgan fingerprint density at radius 3 is 2.82 bits per heavy atom. The maximum absolute atomic E-state index is 6.57. The van der Waals surface area contributed by atoms with Crippen LogP contribution in [0.3, 0.4) is 0 Å². The molecule has 1 aromatic rings. The molecule has 1 aliphatic carbocycles. The van der Waals surface area contributed by atoms with E-state index in [1.54, 1.807) is 0 Å². The van der Waals surface area contributed by atoms with Crippen molar-refractivity contribution in [1.29, 1.82) is 0 Å². The second-order valence-electron chi connectivity index (χ2n) is 5.71. The number of aryl methyl sites for hydroxylation is 2. The normalized spacial score (nSPS) is 29.6. The summed E-state index contributed by atoms with van der Waals surface area (Å²) in [6.07, 6.45) is 5.77. The fraction of sp³-hybridized carbons (Fsp3) is 0.769. The number of nitrogens with two attached hydrogens (primary N) is 1. The van der Waals surface area contributed by atoms with E-state index >= 15 is 0 Å². The van der Waals surface area contributed by atoms with Crippen LogP contribution in [-0.4, -0.2) is 15.3 Å². The van der Waals surface area contributed by atoms with E-state index in [4.69, 9.17) is 5.73 Å². The van der Waals surface area contributed by atoms with Crippen LogP contribution in [0.15, 0.2) is 4.47 Å². The number of halogens is 1. The summed E-state index contributed by atoms with van der Waals surface area (Å²) < 4.78 is 3.09. The molecule has 17 heavy (non-hydrogen) atoms. The Morgan fingerprint density at radius 1 is 1.59 bits per heavy atom. The lowest BCUT2D eigenvalue weighted by molar-refractivity contribution is 0.232. The van der Waals surface area contributed by atoms with Gasteiger partial charge in [0.25, 0.3) is 0 Å². The molecule has 2 N–H and O–H groups in total. The molecule has 2 atom stereocenters. The van der Waals surface area contributed by atoms with Crippen molar-refractivity contribution in [2.24, 2.45) is 18.7 Å². The van der Waals surface area contributed by atoms with Crippen molar-refractivity contribution in [3.8, 4) is 0 Å². The lowest BCUT2D eigenvalue weighted by Crippen LogP contribution is -2.46. The van der Waals surface area contributed by atoms with Gasteiger partial charge in [-0.25, -0.2) is 0 Å². The van der Waals surface area contributed by atoms with E-state index in [-0.39, 0.29) is 5.54 Å². The van der Waals surface area contributed by atoms with Gasteiger partial charge < -0.3 is 5.73 Å². The second kappa shape index (κ2) is 4.73. The van der Waals surface area contributed by atoms with Crippen molar-refractivity contribution in [3.05, 3.63) is 15.9 Å². The third-order valence-electron chi connectivity index (χ3n) is 3.91. The van der Waals surface area contributed by atoms with Crippen molar-refractivity contribution in [3.63, 3.8) is 0 Å². The predicted octanol–water partition coefficient (Wildman–Crippen LogP) is 2.94. The predicted molar refractivity (Wildman–Crippen MR) is 73.9 cm³/mol. The maximum Gasteiger partial charge on any atom is 0.0738 e. The minimum absolute atomic E-state index is 0.0413. The van der Waals surface area contributed by atoms with Gasteiger partial charge in [0.15, 0.2) is 0 Å².